The van der Waals surface area contributed by atoms with E-state index in [4.69, 9.17) is 0 Å². The highest BCUT2D eigenvalue weighted by molar-refractivity contribution is 5.14. The molecule has 1 aliphatic heterocycles. The Morgan fingerprint density at radius 3 is 2.06 bits per heavy atom. The second-order valence-electron chi connectivity index (χ2n) is 4.82. The average Bonchev–Trinajstić information content (AvgIpc) is 2.25. The summed E-state index contributed by atoms with van der Waals surface area (Å²) >= 11 is 0. The summed E-state index contributed by atoms with van der Waals surface area (Å²) in [5.41, 5.74) is 1.26. The van der Waals surface area contributed by atoms with Crippen molar-refractivity contribution in [2.75, 3.05) is 13.1 Å². The summed E-state index contributed by atoms with van der Waals surface area (Å²) in [6.07, 6.45) is 6.86. The quantitative estimate of drug-likeness (QED) is 0.782. The maximum absolute atomic E-state index is 12.8. The summed E-state index contributed by atoms with van der Waals surface area (Å²) in [6, 6.07) is 6.97. The van der Waals surface area contributed by atoms with Crippen molar-refractivity contribution < 1.29 is 9.29 Å². The second kappa shape index (κ2) is 6.00. The molecule has 1 aliphatic rings. The molecule has 1 heterocycles. The number of quaternary nitrogens is 1. The Balaban J connectivity index is 1.89. The smallest absolute Gasteiger partial charge is 0.123 e. The van der Waals surface area contributed by atoms with Crippen LogP contribution in [0.15, 0.2) is 24.3 Å². The molecule has 0 spiro atoms. The minimum absolute atomic E-state index is 0.133. The molecule has 1 N–H and O–H groups in total. The maximum atomic E-state index is 12.8. The summed E-state index contributed by atoms with van der Waals surface area (Å²) in [6.45, 7) is 3.61. The van der Waals surface area contributed by atoms with E-state index in [-0.39, 0.29) is 5.82 Å². The monoisotopic (exact) mass is 222 g/mol. The molecule has 1 fully saturated rings. The Morgan fingerprint density at radius 1 is 0.875 bits per heavy atom. The molecule has 2 rings (SSSR count). The molecule has 0 amide bonds. The molecule has 88 valence electrons. The normalized spacial score (nSPS) is 19.1. The molecule has 1 nitrogen and oxygen atoms in total. The first-order chi connectivity index (χ1) is 7.84. The zero-order chi connectivity index (χ0) is 11.2. The number of rotatable bonds is 2. The SMILES string of the molecule is Fc1ccc(C[NH+]2CCCCCCC2)cc1. The number of halogens is 1. The van der Waals surface area contributed by atoms with Gasteiger partial charge in [-0.3, -0.25) is 0 Å². The topological polar surface area (TPSA) is 4.44 Å². The molecule has 1 saturated heterocycles. The van der Waals surface area contributed by atoms with E-state index in [2.05, 4.69) is 0 Å². The van der Waals surface area contributed by atoms with Gasteiger partial charge in [0.15, 0.2) is 0 Å². The van der Waals surface area contributed by atoms with Crippen molar-refractivity contribution in [2.24, 2.45) is 0 Å². The summed E-state index contributed by atoms with van der Waals surface area (Å²) in [5.74, 6) is -0.133. The van der Waals surface area contributed by atoms with Gasteiger partial charge in [0.05, 0.1) is 13.1 Å². The van der Waals surface area contributed by atoms with Gasteiger partial charge in [0, 0.05) is 5.56 Å². The van der Waals surface area contributed by atoms with Crippen molar-refractivity contribution in [2.45, 2.75) is 38.6 Å². The predicted molar refractivity (Wildman–Crippen MR) is 63.9 cm³/mol. The largest absolute Gasteiger partial charge is 0.331 e. The van der Waals surface area contributed by atoms with Gasteiger partial charge < -0.3 is 4.90 Å². The molecule has 0 aromatic heterocycles. The van der Waals surface area contributed by atoms with Crippen LogP contribution in [0.5, 0.6) is 0 Å². The van der Waals surface area contributed by atoms with Crippen LogP contribution in [0.1, 0.15) is 37.7 Å². The first-order valence-electron chi connectivity index (χ1n) is 6.42. The van der Waals surface area contributed by atoms with E-state index in [0.29, 0.717) is 0 Å². The van der Waals surface area contributed by atoms with E-state index >= 15 is 0 Å². The first kappa shape index (κ1) is 11.6. The number of hydrogen-bond donors (Lipinski definition) is 1. The van der Waals surface area contributed by atoms with Gasteiger partial charge in [-0.25, -0.2) is 4.39 Å². The van der Waals surface area contributed by atoms with Gasteiger partial charge in [0.2, 0.25) is 0 Å². The van der Waals surface area contributed by atoms with Gasteiger partial charge in [0.1, 0.15) is 12.4 Å². The predicted octanol–water partition coefficient (Wildman–Crippen LogP) is 2.17. The van der Waals surface area contributed by atoms with Gasteiger partial charge in [-0.2, -0.15) is 0 Å². The summed E-state index contributed by atoms with van der Waals surface area (Å²) in [7, 11) is 0. The molecule has 16 heavy (non-hydrogen) atoms. The molecular weight excluding hydrogens is 201 g/mol. The fourth-order valence-electron chi connectivity index (χ4n) is 2.47. The highest BCUT2D eigenvalue weighted by Gasteiger charge is 2.11. The van der Waals surface area contributed by atoms with E-state index in [0.717, 1.165) is 6.54 Å². The highest BCUT2D eigenvalue weighted by Crippen LogP contribution is 2.04. The van der Waals surface area contributed by atoms with E-state index in [1.807, 2.05) is 12.1 Å². The van der Waals surface area contributed by atoms with Crippen LogP contribution >= 0.6 is 0 Å². The Morgan fingerprint density at radius 2 is 1.44 bits per heavy atom. The van der Waals surface area contributed by atoms with Crippen molar-refractivity contribution >= 4 is 0 Å². The lowest BCUT2D eigenvalue weighted by Crippen LogP contribution is -3.10. The third-order valence-electron chi connectivity index (χ3n) is 3.43. The van der Waals surface area contributed by atoms with E-state index in [1.165, 1.54) is 50.8 Å². The lowest BCUT2D eigenvalue weighted by Gasteiger charge is -2.21. The Kier molecular flexibility index (Phi) is 4.34. The van der Waals surface area contributed by atoms with Crippen LogP contribution in [0.25, 0.3) is 0 Å². The Bertz CT molecular complexity index is 299. The molecule has 0 atom stereocenters. The number of nitrogens with one attached hydrogen (secondary N) is 1. The standard InChI is InChI=1S/C14H20FN/c15-14-8-6-13(7-9-14)12-16-10-4-2-1-3-5-11-16/h6-9H,1-5,10-12H2/p+1. The third-order valence-corrected chi connectivity index (χ3v) is 3.43. The van der Waals surface area contributed by atoms with Crippen LogP contribution in [0, 0.1) is 5.82 Å². The van der Waals surface area contributed by atoms with E-state index in [1.54, 1.807) is 17.0 Å². The zero-order valence-corrected chi connectivity index (χ0v) is 9.84. The average molecular weight is 222 g/mol. The zero-order valence-electron chi connectivity index (χ0n) is 9.84. The van der Waals surface area contributed by atoms with Gasteiger partial charge in [-0.05, 0) is 37.8 Å². The molecule has 0 saturated carbocycles. The van der Waals surface area contributed by atoms with Gasteiger partial charge >= 0.3 is 0 Å². The first-order valence-corrected chi connectivity index (χ1v) is 6.42. The van der Waals surface area contributed by atoms with Crippen LogP contribution in [0.3, 0.4) is 0 Å². The van der Waals surface area contributed by atoms with Crippen LogP contribution in [-0.4, -0.2) is 13.1 Å². The van der Waals surface area contributed by atoms with Gasteiger partial charge in [-0.15, -0.1) is 0 Å². The third kappa shape index (κ3) is 3.60. The molecular formula is C14H21FN+. The van der Waals surface area contributed by atoms with Crippen LogP contribution in [-0.2, 0) is 6.54 Å². The molecule has 0 bridgehead atoms. The number of benzene rings is 1. The van der Waals surface area contributed by atoms with Crippen LogP contribution in [0.2, 0.25) is 0 Å². The number of likely N-dealkylation sites (tertiary alicyclic amines) is 1. The van der Waals surface area contributed by atoms with E-state index in [9.17, 15) is 4.39 Å². The lowest BCUT2D eigenvalue weighted by molar-refractivity contribution is -0.914. The van der Waals surface area contributed by atoms with Gasteiger partial charge in [0.25, 0.3) is 0 Å². The minimum Gasteiger partial charge on any atom is -0.331 e. The fraction of sp³-hybridized carbons (Fsp3) is 0.571. The summed E-state index contributed by atoms with van der Waals surface area (Å²) in [4.78, 5) is 1.66. The minimum atomic E-state index is -0.133. The van der Waals surface area contributed by atoms with Gasteiger partial charge in [-0.1, -0.05) is 18.6 Å². The molecule has 0 unspecified atom stereocenters. The van der Waals surface area contributed by atoms with Crippen molar-refractivity contribution in [3.63, 3.8) is 0 Å². The summed E-state index contributed by atoms with van der Waals surface area (Å²) < 4.78 is 12.8. The van der Waals surface area contributed by atoms with Crippen molar-refractivity contribution in [3.05, 3.63) is 35.6 Å². The summed E-state index contributed by atoms with van der Waals surface area (Å²) in [5, 5.41) is 0. The van der Waals surface area contributed by atoms with Crippen molar-refractivity contribution in [1.29, 1.82) is 0 Å². The van der Waals surface area contributed by atoms with Crippen LogP contribution in [0.4, 0.5) is 4.39 Å². The number of hydrogen-bond acceptors (Lipinski definition) is 0. The molecule has 0 aliphatic carbocycles. The Hall–Kier alpha value is -0.890. The lowest BCUT2D eigenvalue weighted by atomic mass is 10.1. The molecule has 1 aromatic rings. The molecule has 0 radical (unpaired) electrons. The van der Waals surface area contributed by atoms with Crippen molar-refractivity contribution in [1.82, 2.24) is 0 Å². The highest BCUT2D eigenvalue weighted by atomic mass is 19.1. The fourth-order valence-corrected chi connectivity index (χ4v) is 2.47. The second-order valence-corrected chi connectivity index (χ2v) is 4.82. The maximum Gasteiger partial charge on any atom is 0.123 e. The Labute approximate surface area is 97.3 Å². The van der Waals surface area contributed by atoms with E-state index < -0.39 is 0 Å². The van der Waals surface area contributed by atoms with Crippen molar-refractivity contribution in [3.8, 4) is 0 Å². The van der Waals surface area contributed by atoms with Crippen LogP contribution < -0.4 is 4.90 Å². The molecule has 2 heteroatoms. The molecule has 1 aromatic carbocycles.